The second kappa shape index (κ2) is 7.93. The standard InChI is InChI=1S/C20H18N2O3S/c1-13(23)15-3-2-4-16(11-15)20-22-12-18(26-20)19(25)21-10-9-14-5-7-17(24)8-6-14/h2-8,11-12,24H,9-10H2,1H3,(H,21,25). The molecule has 1 aromatic heterocycles. The highest BCUT2D eigenvalue weighted by Crippen LogP contribution is 2.26. The number of hydrogen-bond donors (Lipinski definition) is 2. The van der Waals surface area contributed by atoms with E-state index < -0.39 is 0 Å². The normalized spacial score (nSPS) is 10.5. The SMILES string of the molecule is CC(=O)c1cccc(-c2ncc(C(=O)NCCc3ccc(O)cc3)s2)c1. The molecule has 0 saturated carbocycles. The van der Waals surface area contributed by atoms with Crippen LogP contribution < -0.4 is 5.32 Å². The summed E-state index contributed by atoms with van der Waals surface area (Å²) < 4.78 is 0. The molecule has 0 aliphatic rings. The molecule has 26 heavy (non-hydrogen) atoms. The highest BCUT2D eigenvalue weighted by Gasteiger charge is 2.12. The Hall–Kier alpha value is -2.99. The lowest BCUT2D eigenvalue weighted by Gasteiger charge is -2.04. The monoisotopic (exact) mass is 366 g/mol. The number of aromatic hydroxyl groups is 1. The van der Waals surface area contributed by atoms with Gasteiger partial charge in [-0.15, -0.1) is 11.3 Å². The van der Waals surface area contributed by atoms with Crippen molar-refractivity contribution in [2.24, 2.45) is 0 Å². The number of phenolic OH excluding ortho intramolecular Hbond substituents is 1. The summed E-state index contributed by atoms with van der Waals surface area (Å²) in [4.78, 5) is 28.6. The first-order chi connectivity index (χ1) is 12.5. The number of ketones is 1. The highest BCUT2D eigenvalue weighted by atomic mass is 32.1. The number of rotatable bonds is 6. The molecule has 0 unspecified atom stereocenters. The minimum atomic E-state index is -0.171. The molecule has 2 aromatic carbocycles. The van der Waals surface area contributed by atoms with Crippen molar-refractivity contribution >= 4 is 23.0 Å². The summed E-state index contributed by atoms with van der Waals surface area (Å²) in [6, 6.07) is 14.1. The summed E-state index contributed by atoms with van der Waals surface area (Å²) in [6.45, 7) is 2.02. The lowest BCUT2D eigenvalue weighted by molar-refractivity contribution is 0.0956. The van der Waals surface area contributed by atoms with Crippen LogP contribution in [-0.2, 0) is 6.42 Å². The zero-order chi connectivity index (χ0) is 18.5. The molecule has 0 spiro atoms. The Morgan fingerprint density at radius 2 is 1.92 bits per heavy atom. The summed E-state index contributed by atoms with van der Waals surface area (Å²) >= 11 is 1.30. The number of phenols is 1. The maximum atomic E-state index is 12.3. The van der Waals surface area contributed by atoms with Gasteiger partial charge in [0.2, 0.25) is 0 Å². The van der Waals surface area contributed by atoms with Crippen LogP contribution in [0.1, 0.15) is 32.5 Å². The molecule has 0 bridgehead atoms. The van der Waals surface area contributed by atoms with Gasteiger partial charge in [-0.1, -0.05) is 30.3 Å². The van der Waals surface area contributed by atoms with E-state index in [9.17, 15) is 14.7 Å². The molecule has 0 aliphatic heterocycles. The number of thiazole rings is 1. The van der Waals surface area contributed by atoms with Gasteiger partial charge in [-0.25, -0.2) is 4.98 Å². The summed E-state index contributed by atoms with van der Waals surface area (Å²) in [5, 5.41) is 12.8. The lowest BCUT2D eigenvalue weighted by Crippen LogP contribution is -2.24. The number of hydrogen-bond acceptors (Lipinski definition) is 5. The number of benzene rings is 2. The van der Waals surface area contributed by atoms with Crippen molar-refractivity contribution in [3.8, 4) is 16.3 Å². The largest absolute Gasteiger partial charge is 0.508 e. The van der Waals surface area contributed by atoms with Crippen molar-refractivity contribution in [1.82, 2.24) is 10.3 Å². The molecular weight excluding hydrogens is 348 g/mol. The number of aromatic nitrogens is 1. The topological polar surface area (TPSA) is 79.3 Å². The van der Waals surface area contributed by atoms with Crippen molar-refractivity contribution in [2.75, 3.05) is 6.54 Å². The van der Waals surface area contributed by atoms with Crippen LogP contribution in [0.15, 0.2) is 54.7 Å². The Balaban J connectivity index is 1.62. The molecule has 1 heterocycles. The van der Waals surface area contributed by atoms with Gasteiger partial charge in [-0.2, -0.15) is 0 Å². The van der Waals surface area contributed by atoms with E-state index in [1.165, 1.54) is 18.3 Å². The van der Waals surface area contributed by atoms with Gasteiger partial charge in [0.05, 0.1) is 6.20 Å². The van der Waals surface area contributed by atoms with Crippen molar-refractivity contribution in [1.29, 1.82) is 0 Å². The van der Waals surface area contributed by atoms with Crippen molar-refractivity contribution in [3.05, 3.63) is 70.7 Å². The molecule has 132 valence electrons. The van der Waals surface area contributed by atoms with Crippen LogP contribution >= 0.6 is 11.3 Å². The molecule has 3 rings (SSSR count). The van der Waals surface area contributed by atoms with Gasteiger partial charge < -0.3 is 10.4 Å². The summed E-state index contributed by atoms with van der Waals surface area (Å²) in [5.41, 5.74) is 2.48. The van der Waals surface area contributed by atoms with E-state index in [1.54, 1.807) is 30.5 Å². The fourth-order valence-corrected chi connectivity index (χ4v) is 3.28. The Labute approximate surface area is 155 Å². The van der Waals surface area contributed by atoms with Gasteiger partial charge in [-0.3, -0.25) is 9.59 Å². The Kier molecular flexibility index (Phi) is 5.43. The molecule has 2 N–H and O–H groups in total. The van der Waals surface area contributed by atoms with Crippen molar-refractivity contribution < 1.29 is 14.7 Å². The molecule has 0 aliphatic carbocycles. The fourth-order valence-electron chi connectivity index (χ4n) is 2.45. The van der Waals surface area contributed by atoms with Crippen LogP contribution in [0, 0.1) is 0 Å². The number of nitrogens with one attached hydrogen (secondary N) is 1. The second-order valence-corrected chi connectivity index (χ2v) is 6.87. The average molecular weight is 366 g/mol. The summed E-state index contributed by atoms with van der Waals surface area (Å²) in [5.74, 6) is 0.0506. The molecule has 1 amide bonds. The van der Waals surface area contributed by atoms with Crippen molar-refractivity contribution in [2.45, 2.75) is 13.3 Å². The molecule has 5 nitrogen and oxygen atoms in total. The third kappa shape index (κ3) is 4.34. The van der Waals surface area contributed by atoms with E-state index >= 15 is 0 Å². The predicted molar refractivity (Wildman–Crippen MR) is 102 cm³/mol. The quantitative estimate of drug-likeness (QED) is 0.652. The van der Waals surface area contributed by atoms with E-state index in [4.69, 9.17) is 0 Å². The summed E-state index contributed by atoms with van der Waals surface area (Å²) in [6.07, 6.45) is 2.23. The fraction of sp³-hybridized carbons (Fsp3) is 0.150. The molecule has 0 saturated heterocycles. The van der Waals surface area contributed by atoms with E-state index in [-0.39, 0.29) is 17.4 Å². The van der Waals surface area contributed by atoms with E-state index in [0.717, 1.165) is 11.1 Å². The molecule has 6 heteroatoms. The van der Waals surface area contributed by atoms with Crippen LogP contribution in [0.5, 0.6) is 5.75 Å². The third-order valence-corrected chi connectivity index (χ3v) is 4.93. The minimum Gasteiger partial charge on any atom is -0.508 e. The van der Waals surface area contributed by atoms with Gasteiger partial charge in [-0.05, 0) is 37.1 Å². The number of carbonyl (C=O) groups excluding carboxylic acids is 2. The third-order valence-electron chi connectivity index (χ3n) is 3.88. The van der Waals surface area contributed by atoms with Crippen LogP contribution in [0.2, 0.25) is 0 Å². The molecular formula is C20H18N2O3S. The second-order valence-electron chi connectivity index (χ2n) is 5.84. The van der Waals surface area contributed by atoms with Crippen LogP contribution in [-0.4, -0.2) is 28.3 Å². The first-order valence-electron chi connectivity index (χ1n) is 8.16. The predicted octanol–water partition coefficient (Wildman–Crippen LogP) is 3.69. The Morgan fingerprint density at radius 3 is 2.65 bits per heavy atom. The smallest absolute Gasteiger partial charge is 0.263 e. The van der Waals surface area contributed by atoms with E-state index in [0.29, 0.717) is 28.4 Å². The zero-order valence-electron chi connectivity index (χ0n) is 14.2. The maximum Gasteiger partial charge on any atom is 0.263 e. The van der Waals surface area contributed by atoms with Gasteiger partial charge in [0.25, 0.3) is 5.91 Å². The maximum absolute atomic E-state index is 12.3. The molecule has 3 aromatic rings. The molecule has 0 fully saturated rings. The van der Waals surface area contributed by atoms with Crippen molar-refractivity contribution in [3.63, 3.8) is 0 Å². The molecule has 0 atom stereocenters. The summed E-state index contributed by atoms with van der Waals surface area (Å²) in [7, 11) is 0. The zero-order valence-corrected chi connectivity index (χ0v) is 15.0. The van der Waals surface area contributed by atoms with Gasteiger partial charge in [0, 0.05) is 17.7 Å². The highest BCUT2D eigenvalue weighted by molar-refractivity contribution is 7.16. The molecule has 0 radical (unpaired) electrons. The van der Waals surface area contributed by atoms with Crippen LogP contribution in [0.3, 0.4) is 0 Å². The van der Waals surface area contributed by atoms with Gasteiger partial charge in [0.1, 0.15) is 15.6 Å². The van der Waals surface area contributed by atoms with E-state index in [2.05, 4.69) is 10.3 Å². The van der Waals surface area contributed by atoms with E-state index in [1.807, 2.05) is 24.3 Å². The van der Waals surface area contributed by atoms with Crippen LogP contribution in [0.25, 0.3) is 10.6 Å². The number of Topliss-reactive ketones (excluding diaryl/α,β-unsaturated/α-hetero) is 1. The Bertz CT molecular complexity index is 932. The van der Waals surface area contributed by atoms with Gasteiger partial charge >= 0.3 is 0 Å². The minimum absolute atomic E-state index is 0.00407. The number of carbonyl (C=O) groups is 2. The number of amides is 1. The van der Waals surface area contributed by atoms with Gasteiger partial charge in [0.15, 0.2) is 5.78 Å². The average Bonchev–Trinajstić information content (AvgIpc) is 3.14. The Morgan fingerprint density at radius 1 is 1.15 bits per heavy atom. The lowest BCUT2D eigenvalue weighted by atomic mass is 10.1. The van der Waals surface area contributed by atoms with Crippen LogP contribution in [0.4, 0.5) is 0 Å². The first-order valence-corrected chi connectivity index (χ1v) is 8.98. The first kappa shape index (κ1) is 17.8. The number of nitrogens with zero attached hydrogens (tertiary/aromatic N) is 1.